The Morgan fingerprint density at radius 2 is 2.40 bits per heavy atom. The minimum atomic E-state index is -0.861. The van der Waals surface area contributed by atoms with Crippen molar-refractivity contribution < 1.29 is 14.6 Å². The molecule has 1 saturated heterocycles. The fourth-order valence-corrected chi connectivity index (χ4v) is 2.04. The quantitative estimate of drug-likeness (QED) is 0.692. The summed E-state index contributed by atoms with van der Waals surface area (Å²) in [5.74, 6) is -0.257. The van der Waals surface area contributed by atoms with Gasteiger partial charge in [-0.2, -0.15) is 0 Å². The molecule has 86 valence electrons. The normalized spacial score (nSPS) is 23.3. The molecule has 1 unspecified atom stereocenters. The van der Waals surface area contributed by atoms with Crippen LogP contribution in [0.4, 0.5) is 0 Å². The number of hydrogen-bond donors (Lipinski definition) is 1. The van der Waals surface area contributed by atoms with Crippen LogP contribution in [-0.2, 0) is 9.53 Å². The lowest BCUT2D eigenvalue weighted by Gasteiger charge is -2.15. The molecule has 1 heterocycles. The third-order valence-electron chi connectivity index (χ3n) is 2.62. The zero-order valence-corrected chi connectivity index (χ0v) is 9.40. The van der Waals surface area contributed by atoms with Crippen molar-refractivity contribution in [2.75, 3.05) is 33.4 Å². The van der Waals surface area contributed by atoms with Crippen molar-refractivity contribution in [3.63, 3.8) is 0 Å². The van der Waals surface area contributed by atoms with Gasteiger partial charge in [0.15, 0.2) is 0 Å². The SMILES string of the molecule is COCC1CCN(CC(C)=CC(=O)O)C1. The molecule has 0 aliphatic carbocycles. The molecular formula is C11H19NO3. The third kappa shape index (κ3) is 4.44. The number of methoxy groups -OCH3 is 1. The summed E-state index contributed by atoms with van der Waals surface area (Å²) in [6, 6.07) is 0. The number of likely N-dealkylation sites (tertiary alicyclic amines) is 1. The highest BCUT2D eigenvalue weighted by atomic mass is 16.5. The first kappa shape index (κ1) is 12.2. The lowest BCUT2D eigenvalue weighted by Crippen LogP contribution is -2.23. The second-order valence-electron chi connectivity index (χ2n) is 4.17. The van der Waals surface area contributed by atoms with Gasteiger partial charge in [-0.25, -0.2) is 4.79 Å². The largest absolute Gasteiger partial charge is 0.478 e. The molecule has 4 heteroatoms. The van der Waals surface area contributed by atoms with Crippen LogP contribution in [0.25, 0.3) is 0 Å². The summed E-state index contributed by atoms with van der Waals surface area (Å²) in [7, 11) is 1.72. The van der Waals surface area contributed by atoms with E-state index in [1.807, 2.05) is 6.92 Å². The Hall–Kier alpha value is -0.870. The lowest BCUT2D eigenvalue weighted by atomic mass is 10.1. The lowest BCUT2D eigenvalue weighted by molar-refractivity contribution is -0.131. The Kier molecular flexibility index (Phi) is 4.78. The van der Waals surface area contributed by atoms with Crippen molar-refractivity contribution in [1.82, 2.24) is 4.90 Å². The summed E-state index contributed by atoms with van der Waals surface area (Å²) in [6.45, 7) is 5.47. The van der Waals surface area contributed by atoms with Crippen LogP contribution in [0.15, 0.2) is 11.6 Å². The first-order chi connectivity index (χ1) is 7.11. The van der Waals surface area contributed by atoms with Crippen LogP contribution >= 0.6 is 0 Å². The van der Waals surface area contributed by atoms with Gasteiger partial charge in [0.05, 0.1) is 6.61 Å². The van der Waals surface area contributed by atoms with E-state index in [-0.39, 0.29) is 0 Å². The molecule has 1 aliphatic heterocycles. The summed E-state index contributed by atoms with van der Waals surface area (Å²) in [4.78, 5) is 12.7. The van der Waals surface area contributed by atoms with Crippen LogP contribution in [0.2, 0.25) is 0 Å². The van der Waals surface area contributed by atoms with E-state index >= 15 is 0 Å². The van der Waals surface area contributed by atoms with E-state index in [0.29, 0.717) is 5.92 Å². The van der Waals surface area contributed by atoms with Crippen molar-refractivity contribution in [1.29, 1.82) is 0 Å². The van der Waals surface area contributed by atoms with Gasteiger partial charge in [0.25, 0.3) is 0 Å². The van der Waals surface area contributed by atoms with Crippen LogP contribution < -0.4 is 0 Å². The zero-order valence-electron chi connectivity index (χ0n) is 9.40. The predicted molar refractivity (Wildman–Crippen MR) is 57.8 cm³/mol. The number of nitrogens with zero attached hydrogens (tertiary/aromatic N) is 1. The molecule has 4 nitrogen and oxygen atoms in total. The number of ether oxygens (including phenoxy) is 1. The molecule has 0 amide bonds. The van der Waals surface area contributed by atoms with Gasteiger partial charge in [-0.15, -0.1) is 0 Å². The van der Waals surface area contributed by atoms with E-state index in [0.717, 1.165) is 38.2 Å². The van der Waals surface area contributed by atoms with E-state index in [4.69, 9.17) is 9.84 Å². The first-order valence-electron chi connectivity index (χ1n) is 5.23. The first-order valence-corrected chi connectivity index (χ1v) is 5.23. The summed E-state index contributed by atoms with van der Waals surface area (Å²) < 4.78 is 5.11. The van der Waals surface area contributed by atoms with Gasteiger partial charge in [0, 0.05) is 26.3 Å². The molecule has 1 rings (SSSR count). The molecule has 0 aromatic rings. The number of rotatable bonds is 5. The zero-order chi connectivity index (χ0) is 11.3. The van der Waals surface area contributed by atoms with Crippen LogP contribution in [0.1, 0.15) is 13.3 Å². The van der Waals surface area contributed by atoms with Gasteiger partial charge >= 0.3 is 5.97 Å². The number of carbonyl (C=O) groups is 1. The molecule has 0 aromatic carbocycles. The Labute approximate surface area is 90.5 Å². The number of carboxylic acids is 1. The summed E-state index contributed by atoms with van der Waals surface area (Å²) in [6.07, 6.45) is 2.43. The molecule has 1 N–H and O–H groups in total. The number of aliphatic carboxylic acids is 1. The third-order valence-corrected chi connectivity index (χ3v) is 2.62. The minimum Gasteiger partial charge on any atom is -0.478 e. The fraction of sp³-hybridized carbons (Fsp3) is 0.727. The molecule has 0 spiro atoms. The van der Waals surface area contributed by atoms with Crippen LogP contribution in [-0.4, -0.2) is 49.3 Å². The van der Waals surface area contributed by atoms with Gasteiger partial charge in [-0.1, -0.05) is 5.57 Å². The van der Waals surface area contributed by atoms with Gasteiger partial charge < -0.3 is 9.84 Å². The average Bonchev–Trinajstić information content (AvgIpc) is 2.51. The van der Waals surface area contributed by atoms with Crippen LogP contribution in [0, 0.1) is 5.92 Å². The number of hydrogen-bond acceptors (Lipinski definition) is 3. The van der Waals surface area contributed by atoms with E-state index in [9.17, 15) is 4.79 Å². The Bertz CT molecular complexity index is 250. The Balaban J connectivity index is 2.32. The maximum atomic E-state index is 10.4. The van der Waals surface area contributed by atoms with Crippen molar-refractivity contribution in [2.45, 2.75) is 13.3 Å². The maximum absolute atomic E-state index is 10.4. The van der Waals surface area contributed by atoms with Gasteiger partial charge in [0.1, 0.15) is 0 Å². The Morgan fingerprint density at radius 1 is 1.67 bits per heavy atom. The van der Waals surface area contributed by atoms with Gasteiger partial charge in [0.2, 0.25) is 0 Å². The van der Waals surface area contributed by atoms with Crippen molar-refractivity contribution in [3.8, 4) is 0 Å². The van der Waals surface area contributed by atoms with E-state index in [1.54, 1.807) is 7.11 Å². The monoisotopic (exact) mass is 213 g/mol. The predicted octanol–water partition coefficient (Wildman–Crippen LogP) is 0.986. The number of carboxylic acid groups (broad SMARTS) is 1. The van der Waals surface area contributed by atoms with E-state index < -0.39 is 5.97 Å². The molecule has 1 aliphatic rings. The van der Waals surface area contributed by atoms with E-state index in [1.165, 1.54) is 6.08 Å². The molecule has 15 heavy (non-hydrogen) atoms. The van der Waals surface area contributed by atoms with Crippen LogP contribution in [0.5, 0.6) is 0 Å². The van der Waals surface area contributed by atoms with E-state index in [2.05, 4.69) is 4.90 Å². The molecule has 0 bridgehead atoms. The fourth-order valence-electron chi connectivity index (χ4n) is 2.04. The highest BCUT2D eigenvalue weighted by Crippen LogP contribution is 2.17. The highest BCUT2D eigenvalue weighted by Gasteiger charge is 2.21. The minimum absolute atomic E-state index is 0.604. The van der Waals surface area contributed by atoms with Crippen molar-refractivity contribution in [2.24, 2.45) is 5.92 Å². The van der Waals surface area contributed by atoms with Crippen LogP contribution in [0.3, 0.4) is 0 Å². The standard InChI is InChI=1S/C11H19NO3/c1-9(5-11(13)14)6-12-4-3-10(7-12)8-15-2/h5,10H,3-4,6-8H2,1-2H3,(H,13,14). The average molecular weight is 213 g/mol. The molecule has 0 radical (unpaired) electrons. The molecule has 1 fully saturated rings. The second-order valence-corrected chi connectivity index (χ2v) is 4.17. The highest BCUT2D eigenvalue weighted by molar-refractivity contribution is 5.80. The smallest absolute Gasteiger partial charge is 0.328 e. The molecule has 0 aromatic heterocycles. The topological polar surface area (TPSA) is 49.8 Å². The van der Waals surface area contributed by atoms with Gasteiger partial charge in [-0.05, 0) is 25.8 Å². The summed E-state index contributed by atoms with van der Waals surface area (Å²) in [5.41, 5.74) is 0.903. The molecular weight excluding hydrogens is 194 g/mol. The van der Waals surface area contributed by atoms with Crippen molar-refractivity contribution in [3.05, 3.63) is 11.6 Å². The Morgan fingerprint density at radius 3 is 3.00 bits per heavy atom. The van der Waals surface area contributed by atoms with Crippen molar-refractivity contribution >= 4 is 5.97 Å². The van der Waals surface area contributed by atoms with Gasteiger partial charge in [-0.3, -0.25) is 4.90 Å². The second kappa shape index (κ2) is 5.88. The maximum Gasteiger partial charge on any atom is 0.328 e. The summed E-state index contributed by atoms with van der Waals surface area (Å²) >= 11 is 0. The molecule has 0 saturated carbocycles. The molecule has 1 atom stereocenters. The summed E-state index contributed by atoms with van der Waals surface area (Å²) in [5, 5.41) is 8.58.